The van der Waals surface area contributed by atoms with E-state index in [1.807, 2.05) is 72.0 Å². The fourth-order valence-corrected chi connectivity index (χ4v) is 9.64. The molecule has 12 aromatic rings. The van der Waals surface area contributed by atoms with Gasteiger partial charge in [0.2, 0.25) is 0 Å². The van der Waals surface area contributed by atoms with Crippen LogP contribution in [-0.4, -0.2) is 15.0 Å². The Labute approximate surface area is 325 Å². The van der Waals surface area contributed by atoms with Gasteiger partial charge in [0, 0.05) is 53.2 Å². The molecule has 0 bridgehead atoms. The molecule has 0 atom stereocenters. The normalized spacial score (nSPS) is 11.9. The third-order valence-corrected chi connectivity index (χ3v) is 12.2. The maximum absolute atomic E-state index is 6.81. The van der Waals surface area contributed by atoms with Gasteiger partial charge in [0.25, 0.3) is 0 Å². The van der Waals surface area contributed by atoms with Crippen LogP contribution >= 0.6 is 11.3 Å². The van der Waals surface area contributed by atoms with Gasteiger partial charge in [-0.3, -0.25) is 0 Å². The van der Waals surface area contributed by atoms with Crippen LogP contribution in [0.5, 0.6) is 0 Å². The van der Waals surface area contributed by atoms with Gasteiger partial charge in [-0.1, -0.05) is 146 Å². The van der Waals surface area contributed by atoms with Gasteiger partial charge in [0.1, 0.15) is 11.2 Å². The van der Waals surface area contributed by atoms with E-state index in [-0.39, 0.29) is 0 Å². The van der Waals surface area contributed by atoms with E-state index in [0.717, 1.165) is 55.3 Å². The van der Waals surface area contributed by atoms with Gasteiger partial charge in [-0.15, -0.1) is 11.3 Å². The van der Waals surface area contributed by atoms with E-state index >= 15 is 0 Å². The quantitative estimate of drug-likeness (QED) is 0.165. The van der Waals surface area contributed by atoms with Crippen molar-refractivity contribution in [2.24, 2.45) is 0 Å². The molecule has 0 aliphatic rings. The molecule has 0 aliphatic carbocycles. The maximum Gasteiger partial charge on any atom is 0.164 e. The second-order valence-electron chi connectivity index (χ2n) is 14.3. The van der Waals surface area contributed by atoms with Crippen molar-refractivity contribution in [3.63, 3.8) is 0 Å². The Morgan fingerprint density at radius 1 is 0.339 bits per heavy atom. The lowest BCUT2D eigenvalue weighted by Gasteiger charge is -2.11. The van der Waals surface area contributed by atoms with E-state index in [9.17, 15) is 0 Å². The largest absolute Gasteiger partial charge is 0.455 e. The second kappa shape index (κ2) is 12.2. The summed E-state index contributed by atoms with van der Waals surface area (Å²) in [7, 11) is 0. The number of furan rings is 1. The summed E-state index contributed by atoms with van der Waals surface area (Å²) in [6.07, 6.45) is 0. The molecule has 4 nitrogen and oxygen atoms in total. The zero-order chi connectivity index (χ0) is 36.7. The van der Waals surface area contributed by atoms with Gasteiger partial charge in [0.05, 0.1) is 0 Å². The molecule has 0 saturated carbocycles. The van der Waals surface area contributed by atoms with Crippen molar-refractivity contribution >= 4 is 75.0 Å². The van der Waals surface area contributed by atoms with Gasteiger partial charge >= 0.3 is 0 Å². The molecule has 12 rings (SSSR count). The predicted octanol–water partition coefficient (Wildman–Crippen LogP) is 14.2. The fourth-order valence-electron chi connectivity index (χ4n) is 8.45. The van der Waals surface area contributed by atoms with Crippen LogP contribution < -0.4 is 0 Å². The predicted molar refractivity (Wildman–Crippen MR) is 233 cm³/mol. The van der Waals surface area contributed by atoms with Crippen molar-refractivity contribution in [3.05, 3.63) is 176 Å². The SMILES string of the molecule is c1ccc(-c2nc(-c3ccccc3)nc(-c3ccc(-c4ccc5c(c4)oc4c(-c6cc7sc8cccc9c%10ccccc%10c(c6)c7c89)cccc45)cc3)n2)cc1. The Morgan fingerprint density at radius 3 is 1.61 bits per heavy atom. The smallest absolute Gasteiger partial charge is 0.164 e. The molecule has 9 aromatic carbocycles. The van der Waals surface area contributed by atoms with E-state index in [0.29, 0.717) is 17.5 Å². The van der Waals surface area contributed by atoms with Gasteiger partial charge in [0.15, 0.2) is 17.5 Å². The van der Waals surface area contributed by atoms with E-state index in [4.69, 9.17) is 19.4 Å². The third kappa shape index (κ3) is 4.81. The third-order valence-electron chi connectivity index (χ3n) is 11.1. The lowest BCUT2D eigenvalue weighted by Crippen LogP contribution is -2.00. The summed E-state index contributed by atoms with van der Waals surface area (Å²) in [5.41, 5.74) is 9.04. The number of thiophene rings is 1. The van der Waals surface area contributed by atoms with E-state index in [1.165, 1.54) is 47.3 Å². The van der Waals surface area contributed by atoms with E-state index in [1.54, 1.807) is 0 Å². The molecule has 0 unspecified atom stereocenters. The zero-order valence-corrected chi connectivity index (χ0v) is 30.7. The summed E-state index contributed by atoms with van der Waals surface area (Å²) in [4.78, 5) is 14.7. The summed E-state index contributed by atoms with van der Waals surface area (Å²) in [6.45, 7) is 0. The van der Waals surface area contributed by atoms with Crippen molar-refractivity contribution in [3.8, 4) is 56.4 Å². The highest BCUT2D eigenvalue weighted by Gasteiger charge is 2.20. The molecule has 56 heavy (non-hydrogen) atoms. The van der Waals surface area contributed by atoms with Gasteiger partial charge in [-0.2, -0.15) is 0 Å². The van der Waals surface area contributed by atoms with Crippen molar-refractivity contribution in [1.82, 2.24) is 15.0 Å². The number of rotatable bonds is 5. The first kappa shape index (κ1) is 31.2. The van der Waals surface area contributed by atoms with Crippen LogP contribution in [0.3, 0.4) is 0 Å². The second-order valence-corrected chi connectivity index (χ2v) is 15.4. The molecule has 0 fully saturated rings. The van der Waals surface area contributed by atoms with Crippen molar-refractivity contribution in [1.29, 1.82) is 0 Å². The average Bonchev–Trinajstić information content (AvgIpc) is 3.85. The Bertz CT molecular complexity index is 3400. The van der Waals surface area contributed by atoms with Crippen molar-refractivity contribution in [2.45, 2.75) is 0 Å². The molecule has 0 aliphatic heterocycles. The lowest BCUT2D eigenvalue weighted by atomic mass is 9.92. The van der Waals surface area contributed by atoms with Crippen LogP contribution in [0.25, 0.3) is 120 Å². The standard InChI is InChI=1S/C51H29N3OS/c1-3-11-31(12-4-1)49-52-50(32-13-5-2-6-14-32)54-51(53-49)33-23-21-30(22-24-33)34-25-26-39-41-19-9-17-36(48(41)55-43(39)28-34)35-27-42-38-16-8-7-15-37(38)40-18-10-20-44-46(40)47(42)45(29-35)56-44/h1-29H. The number of benzene rings is 9. The summed E-state index contributed by atoms with van der Waals surface area (Å²) < 4.78 is 9.44. The first-order valence-electron chi connectivity index (χ1n) is 18.8. The van der Waals surface area contributed by atoms with Crippen LogP contribution in [0.1, 0.15) is 0 Å². The van der Waals surface area contributed by atoms with Crippen LogP contribution in [-0.2, 0) is 0 Å². The topological polar surface area (TPSA) is 51.8 Å². The minimum absolute atomic E-state index is 0.636. The number of fused-ring (bicyclic) bond motifs is 6. The molecule has 0 amide bonds. The lowest BCUT2D eigenvalue weighted by molar-refractivity contribution is 0.670. The summed E-state index contributed by atoms with van der Waals surface area (Å²) in [5.74, 6) is 1.93. The van der Waals surface area contributed by atoms with Gasteiger partial charge in [-0.25, -0.2) is 15.0 Å². The summed E-state index contributed by atoms with van der Waals surface area (Å²) in [5, 5.41) is 10.2. The monoisotopic (exact) mass is 731 g/mol. The highest BCUT2D eigenvalue weighted by Crippen LogP contribution is 2.47. The molecule has 0 spiro atoms. The van der Waals surface area contributed by atoms with Gasteiger partial charge in [-0.05, 0) is 68.6 Å². The Hall–Kier alpha value is -7.21. The number of nitrogens with zero attached hydrogens (tertiary/aromatic N) is 3. The minimum Gasteiger partial charge on any atom is -0.455 e. The van der Waals surface area contributed by atoms with E-state index < -0.39 is 0 Å². The molecule has 0 saturated heterocycles. The molecular formula is C51H29N3OS. The van der Waals surface area contributed by atoms with Crippen molar-refractivity contribution in [2.75, 3.05) is 0 Å². The number of hydrogen-bond acceptors (Lipinski definition) is 5. The Morgan fingerprint density at radius 2 is 0.893 bits per heavy atom. The molecular weight excluding hydrogens is 703 g/mol. The first-order valence-corrected chi connectivity index (χ1v) is 19.6. The molecule has 0 radical (unpaired) electrons. The van der Waals surface area contributed by atoms with E-state index in [2.05, 4.69) is 115 Å². The first-order chi connectivity index (χ1) is 27.7. The molecule has 5 heteroatoms. The molecule has 260 valence electrons. The Balaban J connectivity index is 0.946. The van der Waals surface area contributed by atoms with Crippen LogP contribution in [0.2, 0.25) is 0 Å². The molecule has 0 N–H and O–H groups in total. The van der Waals surface area contributed by atoms with Crippen LogP contribution in [0, 0.1) is 0 Å². The van der Waals surface area contributed by atoms with Gasteiger partial charge < -0.3 is 4.42 Å². The number of aromatic nitrogens is 3. The number of hydrogen-bond donors (Lipinski definition) is 0. The summed E-state index contributed by atoms with van der Waals surface area (Å²) in [6, 6.07) is 61.9. The summed E-state index contributed by atoms with van der Waals surface area (Å²) >= 11 is 1.88. The minimum atomic E-state index is 0.636. The van der Waals surface area contributed by atoms with Crippen LogP contribution in [0.4, 0.5) is 0 Å². The highest BCUT2D eigenvalue weighted by molar-refractivity contribution is 7.26. The maximum atomic E-state index is 6.81. The molecule has 3 aromatic heterocycles. The number of para-hydroxylation sites is 1. The van der Waals surface area contributed by atoms with Crippen LogP contribution in [0.15, 0.2) is 180 Å². The average molecular weight is 732 g/mol. The zero-order valence-electron chi connectivity index (χ0n) is 29.9. The van der Waals surface area contributed by atoms with Crippen molar-refractivity contribution < 1.29 is 4.42 Å². The fraction of sp³-hybridized carbons (Fsp3) is 0. The molecule has 3 heterocycles. The Kier molecular flexibility index (Phi) is 6.76. The highest BCUT2D eigenvalue weighted by atomic mass is 32.1.